The van der Waals surface area contributed by atoms with E-state index in [0.29, 0.717) is 0 Å². The first-order chi connectivity index (χ1) is 6.94. The summed E-state index contributed by atoms with van der Waals surface area (Å²) in [7, 11) is 1.63. The molecule has 1 N–H and O–H groups in total. The maximum Gasteiger partial charge on any atom is 0.312 e. The lowest BCUT2D eigenvalue weighted by Gasteiger charge is -2.31. The molecule has 0 saturated carbocycles. The minimum atomic E-state index is -0.416. The minimum absolute atomic E-state index is 0.0615. The summed E-state index contributed by atoms with van der Waals surface area (Å²) in [5, 5.41) is 3.20. The van der Waals surface area contributed by atoms with E-state index in [1.54, 1.807) is 7.11 Å². The Morgan fingerprint density at radius 3 is 2.60 bits per heavy atom. The lowest BCUT2D eigenvalue weighted by molar-refractivity contribution is -0.166. The van der Waals surface area contributed by atoms with Crippen LogP contribution in [0.25, 0.3) is 0 Å². The number of nitrogens with one attached hydrogen (secondary N) is 1. The maximum atomic E-state index is 11.9. The molecule has 88 valence electrons. The van der Waals surface area contributed by atoms with Crippen molar-refractivity contribution < 1.29 is 14.3 Å². The number of piperidine rings is 1. The van der Waals surface area contributed by atoms with Crippen molar-refractivity contribution in [3.63, 3.8) is 0 Å². The average Bonchev–Trinajstić information content (AvgIpc) is 2.15. The zero-order valence-corrected chi connectivity index (χ0v) is 10.0. The van der Waals surface area contributed by atoms with Crippen LogP contribution >= 0.6 is 0 Å². The van der Waals surface area contributed by atoms with Gasteiger partial charge in [-0.25, -0.2) is 0 Å². The summed E-state index contributed by atoms with van der Waals surface area (Å²) in [5.74, 6) is -0.272. The van der Waals surface area contributed by atoms with Crippen molar-refractivity contribution in [3.05, 3.63) is 0 Å². The molecule has 0 spiro atoms. The van der Waals surface area contributed by atoms with Crippen molar-refractivity contribution in [2.45, 2.75) is 38.9 Å². The lowest BCUT2D eigenvalue weighted by atomic mass is 9.95. The Morgan fingerprint density at radius 1 is 1.40 bits per heavy atom. The summed E-state index contributed by atoms with van der Waals surface area (Å²) in [6.45, 7) is 7.22. The number of methoxy groups -OCH3 is 1. The molecule has 0 aromatic carbocycles. The van der Waals surface area contributed by atoms with Crippen LogP contribution in [-0.4, -0.2) is 37.9 Å². The zero-order valence-electron chi connectivity index (χ0n) is 10.0. The summed E-state index contributed by atoms with van der Waals surface area (Å²) in [4.78, 5) is 11.9. The molecule has 0 aromatic heterocycles. The number of hydrogen-bond donors (Lipinski definition) is 1. The van der Waals surface area contributed by atoms with Gasteiger partial charge in [-0.3, -0.25) is 4.79 Å². The zero-order chi connectivity index (χ0) is 11.5. The normalized spacial score (nSPS) is 27.5. The van der Waals surface area contributed by atoms with Gasteiger partial charge in [-0.2, -0.15) is 0 Å². The number of ether oxygens (including phenoxy) is 2. The SMILES string of the molecule is COC1CNCCC1C(=O)OC(C)(C)C. The van der Waals surface area contributed by atoms with E-state index in [0.717, 1.165) is 19.5 Å². The van der Waals surface area contributed by atoms with Gasteiger partial charge in [-0.1, -0.05) is 0 Å². The van der Waals surface area contributed by atoms with Crippen LogP contribution in [0, 0.1) is 5.92 Å². The largest absolute Gasteiger partial charge is 0.460 e. The van der Waals surface area contributed by atoms with Crippen molar-refractivity contribution in [1.29, 1.82) is 0 Å². The Bertz CT molecular complexity index is 222. The first kappa shape index (κ1) is 12.5. The van der Waals surface area contributed by atoms with Crippen LogP contribution in [0.1, 0.15) is 27.2 Å². The van der Waals surface area contributed by atoms with Crippen LogP contribution in [0.3, 0.4) is 0 Å². The second-order valence-electron chi connectivity index (χ2n) is 4.91. The molecule has 15 heavy (non-hydrogen) atoms. The molecule has 1 fully saturated rings. The van der Waals surface area contributed by atoms with Crippen molar-refractivity contribution in [2.75, 3.05) is 20.2 Å². The highest BCUT2D eigenvalue weighted by molar-refractivity contribution is 5.73. The Labute approximate surface area is 91.3 Å². The molecular formula is C11H21NO3. The fourth-order valence-corrected chi connectivity index (χ4v) is 1.72. The summed E-state index contributed by atoms with van der Waals surface area (Å²) in [5.41, 5.74) is -0.416. The molecule has 1 rings (SSSR count). The third-order valence-electron chi connectivity index (χ3n) is 2.44. The number of rotatable bonds is 2. The quantitative estimate of drug-likeness (QED) is 0.697. The van der Waals surface area contributed by atoms with Gasteiger partial charge in [0.25, 0.3) is 0 Å². The molecule has 0 aromatic rings. The Balaban J connectivity index is 2.56. The molecule has 0 aliphatic carbocycles. The molecule has 2 atom stereocenters. The van der Waals surface area contributed by atoms with E-state index in [9.17, 15) is 4.79 Å². The fraction of sp³-hybridized carbons (Fsp3) is 0.909. The third kappa shape index (κ3) is 3.80. The predicted molar refractivity (Wildman–Crippen MR) is 57.6 cm³/mol. The minimum Gasteiger partial charge on any atom is -0.460 e. The number of esters is 1. The monoisotopic (exact) mass is 215 g/mol. The molecule has 1 aliphatic heterocycles. The highest BCUT2D eigenvalue weighted by atomic mass is 16.6. The Morgan fingerprint density at radius 2 is 2.07 bits per heavy atom. The second kappa shape index (κ2) is 4.94. The molecule has 0 bridgehead atoms. The van der Waals surface area contributed by atoms with E-state index < -0.39 is 5.60 Å². The van der Waals surface area contributed by atoms with Crippen molar-refractivity contribution in [1.82, 2.24) is 5.32 Å². The first-order valence-electron chi connectivity index (χ1n) is 5.40. The lowest BCUT2D eigenvalue weighted by Crippen LogP contribution is -2.46. The summed E-state index contributed by atoms with van der Waals surface area (Å²) in [6.07, 6.45) is 0.724. The molecule has 1 saturated heterocycles. The average molecular weight is 215 g/mol. The van der Waals surface area contributed by atoms with Crippen LogP contribution in [0.2, 0.25) is 0 Å². The maximum absolute atomic E-state index is 11.9. The predicted octanol–water partition coefficient (Wildman–Crippen LogP) is 0.953. The van der Waals surface area contributed by atoms with Crippen molar-refractivity contribution in [2.24, 2.45) is 5.92 Å². The Hall–Kier alpha value is -0.610. The molecule has 1 heterocycles. The van der Waals surface area contributed by atoms with Crippen molar-refractivity contribution in [3.8, 4) is 0 Å². The van der Waals surface area contributed by atoms with E-state index >= 15 is 0 Å². The molecule has 2 unspecified atom stereocenters. The topological polar surface area (TPSA) is 47.6 Å². The van der Waals surface area contributed by atoms with Crippen molar-refractivity contribution >= 4 is 5.97 Å². The molecular weight excluding hydrogens is 194 g/mol. The number of carbonyl (C=O) groups is 1. The summed E-state index contributed by atoms with van der Waals surface area (Å²) >= 11 is 0. The molecule has 4 nitrogen and oxygen atoms in total. The van der Waals surface area contributed by atoms with Crippen LogP contribution in [0.15, 0.2) is 0 Å². The van der Waals surface area contributed by atoms with Gasteiger partial charge in [-0.05, 0) is 33.7 Å². The van der Waals surface area contributed by atoms with Gasteiger partial charge >= 0.3 is 5.97 Å². The van der Waals surface area contributed by atoms with Crippen LogP contribution in [-0.2, 0) is 14.3 Å². The number of carbonyl (C=O) groups excluding carboxylic acids is 1. The molecule has 0 radical (unpaired) electrons. The van der Waals surface area contributed by atoms with E-state index in [1.165, 1.54) is 0 Å². The standard InChI is InChI=1S/C11H21NO3/c1-11(2,3)15-10(13)8-5-6-12-7-9(8)14-4/h8-9,12H,5-7H2,1-4H3. The highest BCUT2D eigenvalue weighted by Crippen LogP contribution is 2.20. The first-order valence-corrected chi connectivity index (χ1v) is 5.40. The Kier molecular flexibility index (Phi) is 4.11. The molecule has 1 aliphatic rings. The number of hydrogen-bond acceptors (Lipinski definition) is 4. The second-order valence-corrected chi connectivity index (χ2v) is 4.91. The highest BCUT2D eigenvalue weighted by Gasteiger charge is 2.34. The van der Waals surface area contributed by atoms with Crippen LogP contribution in [0.5, 0.6) is 0 Å². The molecule has 4 heteroatoms. The van der Waals surface area contributed by atoms with Gasteiger partial charge in [0.15, 0.2) is 0 Å². The van der Waals surface area contributed by atoms with E-state index in [-0.39, 0.29) is 18.0 Å². The fourth-order valence-electron chi connectivity index (χ4n) is 1.72. The van der Waals surface area contributed by atoms with E-state index in [1.807, 2.05) is 20.8 Å². The third-order valence-corrected chi connectivity index (χ3v) is 2.44. The summed E-state index contributed by atoms with van der Waals surface area (Å²) < 4.78 is 10.6. The van der Waals surface area contributed by atoms with Gasteiger partial charge in [-0.15, -0.1) is 0 Å². The van der Waals surface area contributed by atoms with E-state index in [2.05, 4.69) is 5.32 Å². The van der Waals surface area contributed by atoms with Gasteiger partial charge < -0.3 is 14.8 Å². The van der Waals surface area contributed by atoms with Gasteiger partial charge in [0.05, 0.1) is 12.0 Å². The van der Waals surface area contributed by atoms with Gasteiger partial charge in [0.1, 0.15) is 5.60 Å². The smallest absolute Gasteiger partial charge is 0.312 e. The molecule has 0 amide bonds. The van der Waals surface area contributed by atoms with Crippen LogP contribution in [0.4, 0.5) is 0 Å². The summed E-state index contributed by atoms with van der Waals surface area (Å²) in [6, 6.07) is 0. The van der Waals surface area contributed by atoms with E-state index in [4.69, 9.17) is 9.47 Å². The van der Waals surface area contributed by atoms with Gasteiger partial charge in [0, 0.05) is 13.7 Å². The van der Waals surface area contributed by atoms with Gasteiger partial charge in [0.2, 0.25) is 0 Å². The van der Waals surface area contributed by atoms with Crippen LogP contribution < -0.4 is 5.32 Å².